The van der Waals surface area contributed by atoms with Crippen LogP contribution in [0.25, 0.3) is 0 Å². The van der Waals surface area contributed by atoms with Crippen molar-refractivity contribution in [3.63, 3.8) is 0 Å². The van der Waals surface area contributed by atoms with Gasteiger partial charge in [-0.3, -0.25) is 4.79 Å². The molecule has 0 heterocycles. The summed E-state index contributed by atoms with van der Waals surface area (Å²) >= 11 is 3.52. The van der Waals surface area contributed by atoms with E-state index in [0.717, 1.165) is 21.3 Å². The first kappa shape index (κ1) is 18.5. The normalized spacial score (nSPS) is 11.2. The fourth-order valence-corrected chi connectivity index (χ4v) is 2.78. The zero-order valence-electron chi connectivity index (χ0n) is 14.9. The van der Waals surface area contributed by atoms with Crippen molar-refractivity contribution < 1.29 is 9.53 Å². The van der Waals surface area contributed by atoms with Gasteiger partial charge in [0.2, 0.25) is 0 Å². The summed E-state index contributed by atoms with van der Waals surface area (Å²) in [5.74, 6) is 0.495. The summed E-state index contributed by atoms with van der Waals surface area (Å²) in [5, 5.41) is 2.90. The Morgan fingerprint density at radius 3 is 2.46 bits per heavy atom. The van der Waals surface area contributed by atoms with Crippen LogP contribution in [0.4, 0.5) is 5.69 Å². The van der Waals surface area contributed by atoms with E-state index in [0.29, 0.717) is 5.75 Å². The molecule has 128 valence electrons. The van der Waals surface area contributed by atoms with E-state index in [4.69, 9.17) is 4.74 Å². The zero-order valence-corrected chi connectivity index (χ0v) is 16.5. The number of rotatable bonds is 4. The second kappa shape index (κ2) is 7.39. The molecule has 0 bridgehead atoms. The lowest BCUT2D eigenvalue weighted by Crippen LogP contribution is -2.21. The maximum atomic E-state index is 12.1. The summed E-state index contributed by atoms with van der Waals surface area (Å²) in [4.78, 5) is 12.1. The standard InChI is InChI=1S/C20H24BrNO2/c1-13-6-7-14(2)17(10-13)22-19(23)12-24-18-9-8-15(11-16(18)21)20(3,4)5/h6-11H,12H2,1-5H3,(H,22,23). The van der Waals surface area contributed by atoms with Gasteiger partial charge in [0.25, 0.3) is 5.91 Å². The van der Waals surface area contributed by atoms with Gasteiger partial charge in [-0.15, -0.1) is 0 Å². The highest BCUT2D eigenvalue weighted by molar-refractivity contribution is 9.10. The van der Waals surface area contributed by atoms with Crippen molar-refractivity contribution in [1.29, 1.82) is 0 Å². The van der Waals surface area contributed by atoms with Gasteiger partial charge in [-0.1, -0.05) is 39.0 Å². The van der Waals surface area contributed by atoms with Gasteiger partial charge in [-0.2, -0.15) is 0 Å². The molecule has 3 nitrogen and oxygen atoms in total. The van der Waals surface area contributed by atoms with Gasteiger partial charge in [-0.25, -0.2) is 0 Å². The van der Waals surface area contributed by atoms with Crippen LogP contribution in [0.15, 0.2) is 40.9 Å². The summed E-state index contributed by atoms with van der Waals surface area (Å²) in [7, 11) is 0. The first-order chi connectivity index (χ1) is 11.2. The van der Waals surface area contributed by atoms with Crippen molar-refractivity contribution in [1.82, 2.24) is 0 Å². The molecule has 24 heavy (non-hydrogen) atoms. The summed E-state index contributed by atoms with van der Waals surface area (Å²) in [6.07, 6.45) is 0. The first-order valence-electron chi connectivity index (χ1n) is 7.97. The van der Waals surface area contributed by atoms with E-state index >= 15 is 0 Å². The van der Waals surface area contributed by atoms with Crippen LogP contribution in [0, 0.1) is 13.8 Å². The van der Waals surface area contributed by atoms with Crippen molar-refractivity contribution in [2.24, 2.45) is 0 Å². The maximum absolute atomic E-state index is 12.1. The molecule has 0 saturated heterocycles. The predicted octanol–water partition coefficient (Wildman–Crippen LogP) is 5.38. The molecule has 0 radical (unpaired) electrons. The average Bonchev–Trinajstić information content (AvgIpc) is 2.48. The number of amides is 1. The number of aryl methyl sites for hydroxylation is 2. The number of hydrogen-bond acceptors (Lipinski definition) is 2. The number of halogens is 1. The smallest absolute Gasteiger partial charge is 0.262 e. The quantitative estimate of drug-likeness (QED) is 0.761. The third-order valence-corrected chi connectivity index (χ3v) is 4.44. The van der Waals surface area contributed by atoms with Gasteiger partial charge < -0.3 is 10.1 Å². The minimum atomic E-state index is -0.171. The highest BCUT2D eigenvalue weighted by Gasteiger charge is 2.15. The summed E-state index contributed by atoms with van der Waals surface area (Å²) in [6, 6.07) is 11.9. The van der Waals surface area contributed by atoms with Crippen molar-refractivity contribution in [2.75, 3.05) is 11.9 Å². The van der Waals surface area contributed by atoms with E-state index in [2.05, 4.69) is 42.0 Å². The second-order valence-electron chi connectivity index (χ2n) is 7.05. The molecule has 0 saturated carbocycles. The van der Waals surface area contributed by atoms with E-state index in [1.807, 2.05) is 50.2 Å². The molecule has 1 amide bonds. The molecule has 0 aliphatic carbocycles. The topological polar surface area (TPSA) is 38.3 Å². The van der Waals surface area contributed by atoms with Gasteiger partial charge in [0.1, 0.15) is 5.75 Å². The highest BCUT2D eigenvalue weighted by Crippen LogP contribution is 2.31. The Hall–Kier alpha value is -1.81. The maximum Gasteiger partial charge on any atom is 0.262 e. The molecular formula is C20H24BrNO2. The Balaban J connectivity index is 2.00. The molecule has 0 aliphatic rings. The van der Waals surface area contributed by atoms with Gasteiger partial charge >= 0.3 is 0 Å². The Morgan fingerprint density at radius 2 is 1.83 bits per heavy atom. The SMILES string of the molecule is Cc1ccc(C)c(NC(=O)COc2ccc(C(C)(C)C)cc2Br)c1. The lowest BCUT2D eigenvalue weighted by Gasteiger charge is -2.20. The Morgan fingerprint density at radius 1 is 1.12 bits per heavy atom. The van der Waals surface area contributed by atoms with E-state index in [-0.39, 0.29) is 17.9 Å². The molecule has 1 N–H and O–H groups in total. The second-order valence-corrected chi connectivity index (χ2v) is 7.90. The van der Waals surface area contributed by atoms with Crippen LogP contribution >= 0.6 is 15.9 Å². The summed E-state index contributed by atoms with van der Waals surface area (Å²) in [6.45, 7) is 10.4. The minimum Gasteiger partial charge on any atom is -0.483 e. The van der Waals surface area contributed by atoms with Gasteiger partial charge in [0, 0.05) is 5.69 Å². The Labute approximate surface area is 152 Å². The zero-order chi connectivity index (χ0) is 17.9. The third kappa shape index (κ3) is 4.84. The van der Waals surface area contributed by atoms with Crippen LogP contribution in [-0.4, -0.2) is 12.5 Å². The molecule has 2 rings (SSSR count). The van der Waals surface area contributed by atoms with Crippen molar-refractivity contribution in [2.45, 2.75) is 40.0 Å². The van der Waals surface area contributed by atoms with E-state index in [9.17, 15) is 4.79 Å². The highest BCUT2D eigenvalue weighted by atomic mass is 79.9. The fraction of sp³-hybridized carbons (Fsp3) is 0.350. The third-order valence-electron chi connectivity index (χ3n) is 3.82. The van der Waals surface area contributed by atoms with E-state index < -0.39 is 0 Å². The molecule has 0 atom stereocenters. The van der Waals surface area contributed by atoms with Crippen LogP contribution in [-0.2, 0) is 10.2 Å². The fourth-order valence-electron chi connectivity index (χ4n) is 2.28. The largest absolute Gasteiger partial charge is 0.483 e. The van der Waals surface area contributed by atoms with Crippen molar-refractivity contribution >= 4 is 27.5 Å². The average molecular weight is 390 g/mol. The molecule has 4 heteroatoms. The number of carbonyl (C=O) groups excluding carboxylic acids is 1. The van der Waals surface area contributed by atoms with Crippen LogP contribution in [0.3, 0.4) is 0 Å². The summed E-state index contributed by atoms with van der Waals surface area (Å²) in [5.41, 5.74) is 4.25. The van der Waals surface area contributed by atoms with Crippen molar-refractivity contribution in [3.05, 3.63) is 57.6 Å². The number of nitrogens with one attached hydrogen (secondary N) is 1. The predicted molar refractivity (Wildman–Crippen MR) is 103 cm³/mol. The lowest BCUT2D eigenvalue weighted by atomic mass is 9.87. The molecule has 0 aromatic heterocycles. The van der Waals surface area contributed by atoms with E-state index in [1.165, 1.54) is 5.56 Å². The van der Waals surface area contributed by atoms with Gasteiger partial charge in [-0.05, 0) is 70.1 Å². The summed E-state index contributed by atoms with van der Waals surface area (Å²) < 4.78 is 6.51. The molecule has 0 unspecified atom stereocenters. The molecule has 2 aromatic carbocycles. The van der Waals surface area contributed by atoms with Crippen LogP contribution in [0.2, 0.25) is 0 Å². The first-order valence-corrected chi connectivity index (χ1v) is 8.76. The Bertz CT molecular complexity index is 748. The van der Waals surface area contributed by atoms with E-state index in [1.54, 1.807) is 0 Å². The number of carbonyl (C=O) groups is 1. The van der Waals surface area contributed by atoms with Gasteiger partial charge in [0.15, 0.2) is 6.61 Å². The minimum absolute atomic E-state index is 0.0269. The number of ether oxygens (including phenoxy) is 1. The Kier molecular flexibility index (Phi) is 5.70. The number of benzene rings is 2. The van der Waals surface area contributed by atoms with Crippen molar-refractivity contribution in [3.8, 4) is 5.75 Å². The monoisotopic (exact) mass is 389 g/mol. The molecule has 0 fully saturated rings. The number of anilines is 1. The molecule has 0 aliphatic heterocycles. The van der Waals surface area contributed by atoms with Crippen LogP contribution < -0.4 is 10.1 Å². The van der Waals surface area contributed by atoms with Crippen LogP contribution in [0.1, 0.15) is 37.5 Å². The molecule has 2 aromatic rings. The molecular weight excluding hydrogens is 366 g/mol. The number of hydrogen-bond donors (Lipinski definition) is 1. The van der Waals surface area contributed by atoms with Gasteiger partial charge in [0.05, 0.1) is 4.47 Å². The lowest BCUT2D eigenvalue weighted by molar-refractivity contribution is -0.118. The molecule has 0 spiro atoms. The van der Waals surface area contributed by atoms with Crippen LogP contribution in [0.5, 0.6) is 5.75 Å².